The molecule has 0 spiro atoms. The van der Waals surface area contributed by atoms with E-state index in [4.69, 9.17) is 4.74 Å². The summed E-state index contributed by atoms with van der Waals surface area (Å²) in [5.41, 5.74) is 0.872. The lowest BCUT2D eigenvalue weighted by Gasteiger charge is -2.15. The van der Waals surface area contributed by atoms with Crippen molar-refractivity contribution in [3.8, 4) is 5.75 Å². The summed E-state index contributed by atoms with van der Waals surface area (Å²) in [7, 11) is 1.56. The Kier molecular flexibility index (Phi) is 6.97. The van der Waals surface area contributed by atoms with Gasteiger partial charge in [0.1, 0.15) is 12.4 Å². The molecule has 1 unspecified atom stereocenters. The third kappa shape index (κ3) is 7.72. The number of carbonyl (C=O) groups is 1. The van der Waals surface area contributed by atoms with Crippen molar-refractivity contribution in [3.63, 3.8) is 0 Å². The minimum absolute atomic E-state index is 0.213. The molecule has 2 amide bonds. The number of alkyl halides is 3. The van der Waals surface area contributed by atoms with Crippen molar-refractivity contribution < 1.29 is 27.4 Å². The Balaban J connectivity index is 2.24. The normalized spacial score (nSPS) is 12.6. The van der Waals surface area contributed by atoms with Crippen molar-refractivity contribution in [1.29, 1.82) is 0 Å². The van der Waals surface area contributed by atoms with Gasteiger partial charge in [0.15, 0.2) is 0 Å². The van der Waals surface area contributed by atoms with E-state index >= 15 is 0 Å². The van der Waals surface area contributed by atoms with Crippen LogP contribution in [0.3, 0.4) is 0 Å². The Morgan fingerprint density at radius 3 is 2.45 bits per heavy atom. The Bertz CT molecular complexity index is 463. The summed E-state index contributed by atoms with van der Waals surface area (Å²) in [6, 6.07) is 6.13. The number of carbonyl (C=O) groups excluding carboxylic acids is 1. The highest BCUT2D eigenvalue weighted by molar-refractivity contribution is 5.74. The van der Waals surface area contributed by atoms with Crippen molar-refractivity contribution in [2.75, 3.05) is 20.3 Å². The smallest absolute Gasteiger partial charge is 0.411 e. The van der Waals surface area contributed by atoms with Crippen LogP contribution in [0.5, 0.6) is 5.75 Å². The molecule has 0 radical (unpaired) electrons. The molecular weight excluding hydrogens is 301 g/mol. The van der Waals surface area contributed by atoms with Gasteiger partial charge in [0.25, 0.3) is 0 Å². The van der Waals surface area contributed by atoms with Crippen molar-refractivity contribution in [3.05, 3.63) is 29.8 Å². The molecule has 1 aromatic carbocycles. The van der Waals surface area contributed by atoms with Gasteiger partial charge < -0.3 is 20.1 Å². The van der Waals surface area contributed by atoms with Crippen molar-refractivity contribution in [2.45, 2.75) is 25.7 Å². The Morgan fingerprint density at radius 1 is 1.27 bits per heavy atom. The van der Waals surface area contributed by atoms with Crippen LogP contribution in [0.15, 0.2) is 24.3 Å². The Hall–Kier alpha value is -1.96. The van der Waals surface area contributed by atoms with Gasteiger partial charge in [-0.2, -0.15) is 13.2 Å². The standard InChI is InChI=1S/C14H19F3N2O3/c1-10(8-22-9-14(15,16)17)19-13(20)18-7-11-3-5-12(21-2)6-4-11/h3-6,10H,7-9H2,1-2H3,(H2,18,19,20). The Labute approximate surface area is 126 Å². The third-order valence-electron chi connectivity index (χ3n) is 2.62. The number of urea groups is 1. The van der Waals surface area contributed by atoms with E-state index in [2.05, 4.69) is 15.4 Å². The van der Waals surface area contributed by atoms with Gasteiger partial charge in [0, 0.05) is 6.54 Å². The van der Waals surface area contributed by atoms with Gasteiger partial charge in [-0.15, -0.1) is 0 Å². The number of benzene rings is 1. The second-order valence-electron chi connectivity index (χ2n) is 4.71. The van der Waals surface area contributed by atoms with Gasteiger partial charge in [0.2, 0.25) is 0 Å². The quantitative estimate of drug-likeness (QED) is 0.811. The largest absolute Gasteiger partial charge is 0.497 e. The fourth-order valence-electron chi connectivity index (χ4n) is 1.59. The van der Waals surface area contributed by atoms with E-state index in [0.717, 1.165) is 5.56 Å². The molecule has 1 aromatic rings. The van der Waals surface area contributed by atoms with Crippen LogP contribution >= 0.6 is 0 Å². The van der Waals surface area contributed by atoms with E-state index in [0.29, 0.717) is 12.3 Å². The molecule has 22 heavy (non-hydrogen) atoms. The van der Waals surface area contributed by atoms with E-state index < -0.39 is 24.9 Å². The van der Waals surface area contributed by atoms with Gasteiger partial charge >= 0.3 is 12.2 Å². The lowest BCUT2D eigenvalue weighted by Crippen LogP contribution is -2.42. The maximum atomic E-state index is 11.9. The monoisotopic (exact) mass is 320 g/mol. The minimum atomic E-state index is -4.36. The topological polar surface area (TPSA) is 59.6 Å². The van der Waals surface area contributed by atoms with Crippen LogP contribution < -0.4 is 15.4 Å². The molecule has 0 fully saturated rings. The molecule has 1 atom stereocenters. The summed E-state index contributed by atoms with van der Waals surface area (Å²) in [4.78, 5) is 11.6. The van der Waals surface area contributed by atoms with Crippen LogP contribution in [0.4, 0.5) is 18.0 Å². The van der Waals surface area contributed by atoms with Crippen molar-refractivity contribution >= 4 is 6.03 Å². The van der Waals surface area contributed by atoms with Gasteiger partial charge in [-0.1, -0.05) is 12.1 Å². The van der Waals surface area contributed by atoms with E-state index in [1.165, 1.54) is 0 Å². The first kappa shape index (κ1) is 18.1. The number of halogens is 3. The second-order valence-corrected chi connectivity index (χ2v) is 4.71. The summed E-state index contributed by atoms with van der Waals surface area (Å²) in [6.07, 6.45) is -4.36. The van der Waals surface area contributed by atoms with E-state index in [1.54, 1.807) is 38.3 Å². The highest BCUT2D eigenvalue weighted by Crippen LogP contribution is 2.14. The molecule has 0 aliphatic carbocycles. The Morgan fingerprint density at radius 2 is 1.91 bits per heavy atom. The zero-order valence-electron chi connectivity index (χ0n) is 12.4. The molecule has 5 nitrogen and oxygen atoms in total. The first-order valence-electron chi connectivity index (χ1n) is 6.62. The van der Waals surface area contributed by atoms with E-state index in [-0.39, 0.29) is 6.61 Å². The van der Waals surface area contributed by atoms with Crippen LogP contribution in [-0.2, 0) is 11.3 Å². The summed E-state index contributed by atoms with van der Waals surface area (Å²) >= 11 is 0. The van der Waals surface area contributed by atoms with Gasteiger partial charge in [-0.25, -0.2) is 4.79 Å². The number of hydrogen-bond acceptors (Lipinski definition) is 3. The number of amides is 2. The summed E-state index contributed by atoms with van der Waals surface area (Å²) < 4.78 is 45.2. The lowest BCUT2D eigenvalue weighted by molar-refractivity contribution is -0.174. The zero-order chi connectivity index (χ0) is 16.6. The minimum Gasteiger partial charge on any atom is -0.497 e. The average molecular weight is 320 g/mol. The second kappa shape index (κ2) is 8.47. The third-order valence-corrected chi connectivity index (χ3v) is 2.62. The van der Waals surface area contributed by atoms with Gasteiger partial charge in [-0.05, 0) is 24.6 Å². The van der Waals surface area contributed by atoms with E-state index in [9.17, 15) is 18.0 Å². The molecule has 0 saturated carbocycles. The number of nitrogens with one attached hydrogen (secondary N) is 2. The molecule has 1 rings (SSSR count). The number of ether oxygens (including phenoxy) is 2. The number of hydrogen-bond donors (Lipinski definition) is 2. The SMILES string of the molecule is COc1ccc(CNC(=O)NC(C)COCC(F)(F)F)cc1. The molecule has 0 aromatic heterocycles. The highest BCUT2D eigenvalue weighted by Gasteiger charge is 2.27. The summed E-state index contributed by atoms with van der Waals surface area (Å²) in [5.74, 6) is 0.712. The maximum absolute atomic E-state index is 11.9. The maximum Gasteiger partial charge on any atom is 0.411 e. The molecule has 0 aliphatic rings. The van der Waals surface area contributed by atoms with Crippen molar-refractivity contribution in [1.82, 2.24) is 10.6 Å². The molecule has 124 valence electrons. The predicted molar refractivity (Wildman–Crippen MR) is 74.7 cm³/mol. The van der Waals surface area contributed by atoms with Gasteiger partial charge in [0.05, 0.1) is 19.8 Å². The zero-order valence-corrected chi connectivity index (χ0v) is 12.4. The molecule has 0 heterocycles. The predicted octanol–water partition coefficient (Wildman–Crippen LogP) is 2.46. The molecule has 2 N–H and O–H groups in total. The molecule has 0 aliphatic heterocycles. The number of methoxy groups -OCH3 is 1. The molecule has 0 saturated heterocycles. The molecule has 0 bridgehead atoms. The van der Waals surface area contributed by atoms with Gasteiger partial charge in [-0.3, -0.25) is 0 Å². The molecular formula is C14H19F3N2O3. The fraction of sp³-hybridized carbons (Fsp3) is 0.500. The van der Waals surface area contributed by atoms with Crippen LogP contribution in [-0.4, -0.2) is 38.6 Å². The van der Waals surface area contributed by atoms with Crippen LogP contribution in [0, 0.1) is 0 Å². The summed E-state index contributed by atoms with van der Waals surface area (Å²) in [5, 5.41) is 5.10. The van der Waals surface area contributed by atoms with Crippen LogP contribution in [0.1, 0.15) is 12.5 Å². The first-order chi connectivity index (χ1) is 10.3. The fourth-order valence-corrected chi connectivity index (χ4v) is 1.59. The highest BCUT2D eigenvalue weighted by atomic mass is 19.4. The molecule has 8 heteroatoms. The van der Waals surface area contributed by atoms with Crippen molar-refractivity contribution in [2.24, 2.45) is 0 Å². The van der Waals surface area contributed by atoms with Crippen LogP contribution in [0.25, 0.3) is 0 Å². The lowest BCUT2D eigenvalue weighted by atomic mass is 10.2. The summed E-state index contributed by atoms with van der Waals surface area (Å²) in [6.45, 7) is 0.317. The average Bonchev–Trinajstić information content (AvgIpc) is 2.44. The first-order valence-corrected chi connectivity index (χ1v) is 6.62. The number of rotatable bonds is 7. The van der Waals surface area contributed by atoms with Crippen LogP contribution in [0.2, 0.25) is 0 Å². The van der Waals surface area contributed by atoms with E-state index in [1.807, 2.05) is 0 Å².